The van der Waals surface area contributed by atoms with Crippen LogP contribution in [0.4, 0.5) is 8.78 Å². The van der Waals surface area contributed by atoms with Gasteiger partial charge in [0.1, 0.15) is 11.6 Å². The fourth-order valence-electron chi connectivity index (χ4n) is 4.36. The highest BCUT2D eigenvalue weighted by Crippen LogP contribution is 2.42. The van der Waals surface area contributed by atoms with Gasteiger partial charge in [0.2, 0.25) is 0 Å². The summed E-state index contributed by atoms with van der Waals surface area (Å²) in [5.74, 6) is -1.13. The Morgan fingerprint density at radius 1 is 1.04 bits per heavy atom. The summed E-state index contributed by atoms with van der Waals surface area (Å²) in [5, 5.41) is 3.41. The van der Waals surface area contributed by atoms with E-state index in [1.165, 1.54) is 23.3 Å². The van der Waals surface area contributed by atoms with Crippen LogP contribution in [0.5, 0.6) is 0 Å². The van der Waals surface area contributed by atoms with Gasteiger partial charge in [-0.05, 0) is 41.7 Å². The summed E-state index contributed by atoms with van der Waals surface area (Å²) in [6, 6.07) is 12.1. The van der Waals surface area contributed by atoms with Gasteiger partial charge >= 0.3 is 0 Å². The topological polar surface area (TPSA) is 24.5 Å². The van der Waals surface area contributed by atoms with Gasteiger partial charge in [0.25, 0.3) is 0 Å². The van der Waals surface area contributed by atoms with Crippen molar-refractivity contribution in [3.8, 4) is 0 Å². The molecule has 3 nitrogen and oxygen atoms in total. The van der Waals surface area contributed by atoms with Crippen LogP contribution in [0, 0.1) is 11.6 Å². The molecule has 4 rings (SSSR count). The van der Waals surface area contributed by atoms with Crippen LogP contribution in [0.2, 0.25) is 0 Å². The first-order valence-corrected chi connectivity index (χ1v) is 9.24. The molecule has 1 aliphatic carbocycles. The molecule has 0 amide bonds. The summed E-state index contributed by atoms with van der Waals surface area (Å²) in [5.41, 5.74) is 3.10. The van der Waals surface area contributed by atoms with Crippen LogP contribution >= 0.6 is 0 Å². The minimum absolute atomic E-state index is 0.148. The third-order valence-electron chi connectivity index (χ3n) is 5.58. The first kappa shape index (κ1) is 17.6. The number of benzene rings is 2. The number of fused-ring (bicyclic) bond motifs is 1. The van der Waals surface area contributed by atoms with Gasteiger partial charge in [-0.2, -0.15) is 0 Å². The summed E-state index contributed by atoms with van der Waals surface area (Å²) < 4.78 is 32.8. The Morgan fingerprint density at radius 3 is 2.54 bits per heavy atom. The van der Waals surface area contributed by atoms with E-state index in [-0.39, 0.29) is 12.1 Å². The third kappa shape index (κ3) is 3.39. The van der Waals surface area contributed by atoms with Crippen molar-refractivity contribution in [1.82, 2.24) is 10.2 Å². The molecule has 0 radical (unpaired) electrons. The van der Waals surface area contributed by atoms with E-state index in [0.717, 1.165) is 45.1 Å². The Bertz CT molecular complexity index is 756. The van der Waals surface area contributed by atoms with Gasteiger partial charge in [0, 0.05) is 32.2 Å². The zero-order valence-corrected chi connectivity index (χ0v) is 14.8. The van der Waals surface area contributed by atoms with Gasteiger partial charge in [0.05, 0.1) is 18.8 Å². The zero-order valence-electron chi connectivity index (χ0n) is 14.8. The largest absolute Gasteiger partial charge is 0.374 e. The number of ether oxygens (including phenoxy) is 1. The van der Waals surface area contributed by atoms with Crippen molar-refractivity contribution >= 4 is 0 Å². The van der Waals surface area contributed by atoms with Crippen LogP contribution in [0.15, 0.2) is 42.5 Å². The van der Waals surface area contributed by atoms with Gasteiger partial charge in [-0.25, -0.2) is 8.78 Å². The SMILES string of the molecule is Fc1cc(F)cc(COCC2(N3CCNCC3)CCc3ccccc32)c1. The highest BCUT2D eigenvalue weighted by molar-refractivity contribution is 5.39. The fourth-order valence-corrected chi connectivity index (χ4v) is 4.36. The maximum atomic E-state index is 13.4. The molecule has 2 aromatic rings. The lowest BCUT2D eigenvalue weighted by Gasteiger charge is -2.44. The number of nitrogens with zero attached hydrogens (tertiary/aromatic N) is 1. The lowest BCUT2D eigenvalue weighted by atomic mass is 9.89. The van der Waals surface area contributed by atoms with Crippen molar-refractivity contribution in [2.75, 3.05) is 32.8 Å². The third-order valence-corrected chi connectivity index (χ3v) is 5.58. The lowest BCUT2D eigenvalue weighted by Crippen LogP contribution is -2.55. The van der Waals surface area contributed by atoms with Crippen molar-refractivity contribution in [2.24, 2.45) is 0 Å². The molecular formula is C21H24F2N2O. The molecule has 1 unspecified atom stereocenters. The van der Waals surface area contributed by atoms with Crippen LogP contribution in [0.3, 0.4) is 0 Å². The second kappa shape index (κ2) is 7.43. The molecular weight excluding hydrogens is 334 g/mol. The molecule has 1 aliphatic heterocycles. The van der Waals surface area contributed by atoms with E-state index in [1.807, 2.05) is 0 Å². The number of piperazine rings is 1. The van der Waals surface area contributed by atoms with E-state index in [2.05, 4.69) is 34.5 Å². The monoisotopic (exact) mass is 358 g/mol. The van der Waals surface area contributed by atoms with Crippen molar-refractivity contribution < 1.29 is 13.5 Å². The van der Waals surface area contributed by atoms with Crippen molar-refractivity contribution in [1.29, 1.82) is 0 Å². The standard InChI is InChI=1S/C21H24F2N2O/c22-18-11-16(12-19(23)13-18)14-26-15-21(25-9-7-24-8-10-25)6-5-17-3-1-2-4-20(17)21/h1-4,11-13,24H,5-10,14-15H2. The van der Waals surface area contributed by atoms with E-state index < -0.39 is 11.6 Å². The molecule has 0 bridgehead atoms. The predicted molar refractivity (Wildman–Crippen MR) is 96.9 cm³/mol. The summed E-state index contributed by atoms with van der Waals surface area (Å²) in [6.45, 7) is 4.64. The molecule has 1 fully saturated rings. The molecule has 5 heteroatoms. The number of hydrogen-bond acceptors (Lipinski definition) is 3. The summed E-state index contributed by atoms with van der Waals surface area (Å²) in [6.07, 6.45) is 2.06. The summed E-state index contributed by atoms with van der Waals surface area (Å²) in [4.78, 5) is 2.52. The predicted octanol–water partition coefficient (Wildman–Crippen LogP) is 3.23. The van der Waals surface area contributed by atoms with Crippen LogP contribution in [-0.2, 0) is 23.3 Å². The number of aryl methyl sites for hydroxylation is 1. The van der Waals surface area contributed by atoms with Crippen LogP contribution in [0.1, 0.15) is 23.1 Å². The van der Waals surface area contributed by atoms with Crippen molar-refractivity contribution in [3.05, 3.63) is 70.8 Å². The lowest BCUT2D eigenvalue weighted by molar-refractivity contribution is -0.0241. The number of nitrogens with one attached hydrogen (secondary N) is 1. The molecule has 1 heterocycles. The maximum absolute atomic E-state index is 13.4. The zero-order chi connectivity index (χ0) is 18.0. The molecule has 1 atom stereocenters. The van der Waals surface area contributed by atoms with Crippen molar-refractivity contribution in [3.63, 3.8) is 0 Å². The Labute approximate surface area is 153 Å². The molecule has 26 heavy (non-hydrogen) atoms. The molecule has 138 valence electrons. The molecule has 0 spiro atoms. The molecule has 2 aromatic carbocycles. The minimum Gasteiger partial charge on any atom is -0.374 e. The molecule has 1 saturated heterocycles. The van der Waals surface area contributed by atoms with E-state index in [1.54, 1.807) is 0 Å². The average molecular weight is 358 g/mol. The van der Waals surface area contributed by atoms with Gasteiger partial charge in [0.15, 0.2) is 0 Å². The normalized spacial score (nSPS) is 23.2. The quantitative estimate of drug-likeness (QED) is 0.888. The van der Waals surface area contributed by atoms with E-state index in [4.69, 9.17) is 4.74 Å². The fraction of sp³-hybridized carbons (Fsp3) is 0.429. The number of hydrogen-bond donors (Lipinski definition) is 1. The van der Waals surface area contributed by atoms with Gasteiger partial charge in [-0.3, -0.25) is 4.90 Å². The smallest absolute Gasteiger partial charge is 0.126 e. The second-order valence-corrected chi connectivity index (χ2v) is 7.20. The number of rotatable bonds is 5. The van der Waals surface area contributed by atoms with Crippen LogP contribution in [0.25, 0.3) is 0 Å². The van der Waals surface area contributed by atoms with Crippen LogP contribution in [-0.4, -0.2) is 37.7 Å². The Kier molecular flexibility index (Phi) is 5.02. The maximum Gasteiger partial charge on any atom is 0.126 e. The molecule has 0 aromatic heterocycles. The first-order chi connectivity index (χ1) is 12.7. The van der Waals surface area contributed by atoms with Gasteiger partial charge in [-0.1, -0.05) is 24.3 Å². The Balaban J connectivity index is 1.54. The Hall–Kier alpha value is -1.82. The molecule has 2 aliphatic rings. The van der Waals surface area contributed by atoms with Gasteiger partial charge < -0.3 is 10.1 Å². The van der Waals surface area contributed by atoms with E-state index in [9.17, 15) is 8.78 Å². The van der Waals surface area contributed by atoms with Crippen LogP contribution < -0.4 is 5.32 Å². The van der Waals surface area contributed by atoms with Gasteiger partial charge in [-0.15, -0.1) is 0 Å². The molecule has 1 N–H and O–H groups in total. The first-order valence-electron chi connectivity index (χ1n) is 9.24. The Morgan fingerprint density at radius 2 is 1.77 bits per heavy atom. The summed E-state index contributed by atoms with van der Waals surface area (Å²) >= 11 is 0. The second-order valence-electron chi connectivity index (χ2n) is 7.20. The number of halogens is 2. The highest BCUT2D eigenvalue weighted by atomic mass is 19.1. The average Bonchev–Trinajstić information content (AvgIpc) is 3.02. The summed E-state index contributed by atoms with van der Waals surface area (Å²) in [7, 11) is 0. The van der Waals surface area contributed by atoms with E-state index >= 15 is 0 Å². The molecule has 0 saturated carbocycles. The minimum atomic E-state index is -0.563. The highest BCUT2D eigenvalue weighted by Gasteiger charge is 2.44. The van der Waals surface area contributed by atoms with Crippen molar-refractivity contribution in [2.45, 2.75) is 25.0 Å². The van der Waals surface area contributed by atoms with E-state index in [0.29, 0.717) is 12.2 Å².